The summed E-state index contributed by atoms with van der Waals surface area (Å²) < 4.78 is 21.5. The van der Waals surface area contributed by atoms with E-state index in [-0.39, 0.29) is 27.9 Å². The molecule has 9 nitrogen and oxygen atoms in total. The second-order valence-corrected chi connectivity index (χ2v) is 8.42. The summed E-state index contributed by atoms with van der Waals surface area (Å²) in [6.45, 7) is 3.01. The first-order valence-corrected chi connectivity index (χ1v) is 10.5. The summed E-state index contributed by atoms with van der Waals surface area (Å²) in [7, 11) is 0. The Morgan fingerprint density at radius 1 is 1.26 bits per heavy atom. The van der Waals surface area contributed by atoms with E-state index in [1.54, 1.807) is 6.33 Å². The molecule has 0 aliphatic heterocycles. The summed E-state index contributed by atoms with van der Waals surface area (Å²) >= 11 is 5.98. The van der Waals surface area contributed by atoms with Crippen molar-refractivity contribution >= 4 is 22.8 Å². The maximum atomic E-state index is 14.9. The van der Waals surface area contributed by atoms with E-state index in [1.165, 1.54) is 25.2 Å². The molecule has 0 spiro atoms. The molecule has 4 heterocycles. The van der Waals surface area contributed by atoms with E-state index in [1.807, 2.05) is 4.57 Å². The second kappa shape index (κ2) is 7.84. The molecule has 4 aromatic heterocycles. The van der Waals surface area contributed by atoms with Gasteiger partial charge in [-0.15, -0.1) is 0 Å². The van der Waals surface area contributed by atoms with Crippen LogP contribution in [-0.4, -0.2) is 34.6 Å². The third-order valence-corrected chi connectivity index (χ3v) is 6.07. The maximum Gasteiger partial charge on any atom is 0.439 e. The van der Waals surface area contributed by atoms with Gasteiger partial charge in [-0.2, -0.15) is 0 Å². The monoisotopic (exact) mass is 443 g/mol. The Morgan fingerprint density at radius 2 is 2.06 bits per heavy atom. The minimum Gasteiger partial charge on any atom is -0.327 e. The van der Waals surface area contributed by atoms with Crippen molar-refractivity contribution in [3.05, 3.63) is 40.1 Å². The molecule has 1 fully saturated rings. The fourth-order valence-corrected chi connectivity index (χ4v) is 4.27. The number of fused-ring (bicyclic) bond motifs is 1. The van der Waals surface area contributed by atoms with Gasteiger partial charge in [0.15, 0.2) is 11.5 Å². The zero-order valence-corrected chi connectivity index (χ0v) is 17.4. The predicted octanol–water partition coefficient (Wildman–Crippen LogP) is 3.85. The third kappa shape index (κ3) is 3.71. The molecule has 11 heteroatoms. The minimum atomic E-state index is -0.743. The van der Waals surface area contributed by atoms with Crippen LogP contribution >= 0.6 is 11.6 Å². The Morgan fingerprint density at radius 3 is 2.81 bits per heavy atom. The zero-order chi connectivity index (χ0) is 21.5. The van der Waals surface area contributed by atoms with Crippen molar-refractivity contribution in [3.63, 3.8) is 0 Å². The summed E-state index contributed by atoms with van der Waals surface area (Å²) in [6.07, 6.45) is 8.92. The number of pyridine rings is 1. The van der Waals surface area contributed by atoms with E-state index in [0.29, 0.717) is 17.1 Å². The van der Waals surface area contributed by atoms with Crippen LogP contribution in [0.4, 0.5) is 4.39 Å². The van der Waals surface area contributed by atoms with Gasteiger partial charge in [-0.3, -0.25) is 14.5 Å². The largest absolute Gasteiger partial charge is 0.439 e. The van der Waals surface area contributed by atoms with E-state index in [0.717, 1.165) is 25.3 Å². The van der Waals surface area contributed by atoms with Crippen LogP contribution in [0.3, 0.4) is 0 Å². The number of hydrogen-bond donors (Lipinski definition) is 1. The standard InChI is InChI=1S/C20H19ClFN7O2/c1-10-2-4-11(5-3-10)8-29-9-24-17-16(29)15(12-6-23-7-13(21)14(12)22)25-18(26-17)19-27-20(30)31-28-19/h6-7,9-11H,2-5,8H2,1H3,(H,27,28,30). The van der Waals surface area contributed by atoms with Gasteiger partial charge in [0.05, 0.1) is 16.9 Å². The third-order valence-electron chi connectivity index (χ3n) is 5.81. The van der Waals surface area contributed by atoms with Gasteiger partial charge in [0.25, 0.3) is 0 Å². The van der Waals surface area contributed by atoms with Gasteiger partial charge >= 0.3 is 5.76 Å². The fraction of sp³-hybridized carbons (Fsp3) is 0.400. The molecule has 1 aliphatic rings. The number of hydrogen-bond acceptors (Lipinski definition) is 7. The maximum absolute atomic E-state index is 14.9. The molecule has 5 rings (SSSR count). The molecule has 31 heavy (non-hydrogen) atoms. The average molecular weight is 444 g/mol. The molecule has 1 aliphatic carbocycles. The zero-order valence-electron chi connectivity index (χ0n) is 16.7. The normalized spacial score (nSPS) is 19.2. The Labute approximate surface area is 180 Å². The lowest BCUT2D eigenvalue weighted by Gasteiger charge is -2.26. The van der Waals surface area contributed by atoms with Crippen molar-refractivity contribution in [1.29, 1.82) is 0 Å². The molecule has 0 atom stereocenters. The number of imidazole rings is 1. The van der Waals surface area contributed by atoms with E-state index >= 15 is 0 Å². The van der Waals surface area contributed by atoms with Crippen molar-refractivity contribution in [1.82, 2.24) is 34.6 Å². The number of aromatic nitrogens is 7. The molecular weight excluding hydrogens is 425 g/mol. The van der Waals surface area contributed by atoms with Crippen molar-refractivity contribution in [2.75, 3.05) is 0 Å². The predicted molar refractivity (Wildman–Crippen MR) is 111 cm³/mol. The molecule has 1 saturated carbocycles. The molecule has 4 aromatic rings. The van der Waals surface area contributed by atoms with Gasteiger partial charge < -0.3 is 4.57 Å². The fourth-order valence-electron chi connectivity index (χ4n) is 4.11. The highest BCUT2D eigenvalue weighted by Crippen LogP contribution is 2.34. The lowest BCUT2D eigenvalue weighted by molar-refractivity contribution is 0.266. The highest BCUT2D eigenvalue weighted by atomic mass is 35.5. The van der Waals surface area contributed by atoms with E-state index in [2.05, 4.69) is 41.5 Å². The van der Waals surface area contributed by atoms with Crippen molar-refractivity contribution in [2.45, 2.75) is 39.2 Å². The first kappa shape index (κ1) is 19.8. The van der Waals surface area contributed by atoms with Gasteiger partial charge in [0.1, 0.15) is 11.2 Å². The van der Waals surface area contributed by atoms with Gasteiger partial charge in [-0.25, -0.2) is 24.1 Å². The van der Waals surface area contributed by atoms with Crippen LogP contribution in [0.5, 0.6) is 0 Å². The number of H-pyrrole nitrogens is 1. The van der Waals surface area contributed by atoms with Crippen molar-refractivity contribution < 1.29 is 8.91 Å². The number of rotatable bonds is 4. The number of nitrogens with one attached hydrogen (secondary N) is 1. The van der Waals surface area contributed by atoms with Crippen molar-refractivity contribution in [2.24, 2.45) is 11.8 Å². The van der Waals surface area contributed by atoms with Gasteiger partial charge in [-0.1, -0.05) is 36.5 Å². The van der Waals surface area contributed by atoms with E-state index in [4.69, 9.17) is 11.6 Å². The summed E-state index contributed by atoms with van der Waals surface area (Å²) in [5.41, 5.74) is 1.33. The molecule has 0 bridgehead atoms. The SMILES string of the molecule is CC1CCC(Cn2cnc3nc(-c4noc(=O)[nH]4)nc(-c4cncc(Cl)c4F)c32)CC1. The Hall–Kier alpha value is -3.14. The van der Waals surface area contributed by atoms with Crippen LogP contribution in [-0.2, 0) is 6.54 Å². The highest BCUT2D eigenvalue weighted by Gasteiger charge is 2.24. The van der Waals surface area contributed by atoms with Gasteiger partial charge in [0, 0.05) is 18.9 Å². The van der Waals surface area contributed by atoms with Gasteiger partial charge in [0.2, 0.25) is 11.6 Å². The quantitative estimate of drug-likeness (QED) is 0.509. The summed E-state index contributed by atoms with van der Waals surface area (Å²) in [6, 6.07) is 0. The van der Waals surface area contributed by atoms with E-state index in [9.17, 15) is 9.18 Å². The molecule has 0 saturated heterocycles. The smallest absolute Gasteiger partial charge is 0.327 e. The van der Waals surface area contributed by atoms with Crippen LogP contribution in [0.1, 0.15) is 32.6 Å². The van der Waals surface area contributed by atoms with Crippen LogP contribution in [0.25, 0.3) is 34.1 Å². The van der Waals surface area contributed by atoms with Crippen LogP contribution in [0.15, 0.2) is 28.0 Å². The number of aromatic amines is 1. The lowest BCUT2D eigenvalue weighted by atomic mass is 9.83. The molecule has 160 valence electrons. The second-order valence-electron chi connectivity index (χ2n) is 8.02. The van der Waals surface area contributed by atoms with E-state index < -0.39 is 11.6 Å². The Bertz CT molecular complexity index is 1310. The molecular formula is C20H19ClFN7O2. The first-order valence-electron chi connectivity index (χ1n) is 10.1. The highest BCUT2D eigenvalue weighted by molar-refractivity contribution is 6.30. The number of halogens is 2. The topological polar surface area (TPSA) is 115 Å². The minimum absolute atomic E-state index is 0.0272. The lowest BCUT2D eigenvalue weighted by Crippen LogP contribution is -2.17. The molecule has 0 amide bonds. The molecule has 1 N–H and O–H groups in total. The molecule has 0 unspecified atom stereocenters. The Balaban J connectivity index is 1.67. The van der Waals surface area contributed by atoms with Crippen LogP contribution in [0.2, 0.25) is 5.02 Å². The average Bonchev–Trinajstić information content (AvgIpc) is 3.37. The Kier molecular flexibility index (Phi) is 5.01. The van der Waals surface area contributed by atoms with Crippen LogP contribution in [0, 0.1) is 17.7 Å². The molecule has 0 aromatic carbocycles. The molecule has 0 radical (unpaired) electrons. The summed E-state index contributed by atoms with van der Waals surface area (Å²) in [4.78, 5) is 31.1. The van der Waals surface area contributed by atoms with Crippen molar-refractivity contribution in [3.8, 4) is 22.9 Å². The summed E-state index contributed by atoms with van der Waals surface area (Å²) in [5.74, 6) is -0.0592. The van der Waals surface area contributed by atoms with Crippen LogP contribution < -0.4 is 5.76 Å². The summed E-state index contributed by atoms with van der Waals surface area (Å²) in [5, 5.41) is 3.52. The van der Waals surface area contributed by atoms with Gasteiger partial charge in [-0.05, 0) is 24.7 Å². The number of nitrogens with zero attached hydrogens (tertiary/aromatic N) is 6. The first-order chi connectivity index (χ1) is 15.0.